The van der Waals surface area contributed by atoms with Crippen LogP contribution in [0.1, 0.15) is 10.4 Å². The normalized spacial score (nSPS) is 11.9. The summed E-state index contributed by atoms with van der Waals surface area (Å²) in [7, 11) is 0. The van der Waals surface area contributed by atoms with Crippen molar-refractivity contribution < 1.29 is 45.7 Å². The zero-order valence-electron chi connectivity index (χ0n) is 12.0. The van der Waals surface area contributed by atoms with Gasteiger partial charge in [0.1, 0.15) is 17.1 Å². The minimum absolute atomic E-state index is 0.172. The molecule has 2 aromatic carbocycles. The van der Waals surface area contributed by atoms with Gasteiger partial charge in [0.05, 0.1) is 0 Å². The summed E-state index contributed by atoms with van der Waals surface area (Å²) in [6.07, 6.45) is -9.93. The molecule has 10 heteroatoms. The quantitative estimate of drug-likeness (QED) is 0.786. The number of hydrogen-bond donors (Lipinski definition) is 1. The Kier molecular flexibility index (Phi) is 4.82. The summed E-state index contributed by atoms with van der Waals surface area (Å²) in [5, 5.41) is 9.01. The molecular weight excluding hydrogens is 358 g/mol. The van der Waals surface area contributed by atoms with Crippen molar-refractivity contribution in [1.29, 1.82) is 0 Å². The maximum absolute atomic E-state index is 12.3. The van der Waals surface area contributed by atoms with Gasteiger partial charge in [-0.1, -0.05) is 18.2 Å². The van der Waals surface area contributed by atoms with Gasteiger partial charge in [0.15, 0.2) is 0 Å². The number of rotatable bonds is 4. The van der Waals surface area contributed by atoms with E-state index in [1.165, 1.54) is 12.1 Å². The third kappa shape index (κ3) is 5.30. The van der Waals surface area contributed by atoms with E-state index in [4.69, 9.17) is 5.11 Å². The number of hydrogen-bond acceptors (Lipinski definition) is 3. The molecule has 134 valence electrons. The Hall–Kier alpha value is -2.91. The second-order valence-corrected chi connectivity index (χ2v) is 4.64. The minimum Gasteiger partial charge on any atom is -0.478 e. The van der Waals surface area contributed by atoms with Crippen molar-refractivity contribution in [2.75, 3.05) is 0 Å². The van der Waals surface area contributed by atoms with Gasteiger partial charge < -0.3 is 14.6 Å². The van der Waals surface area contributed by atoms with E-state index in [0.29, 0.717) is 0 Å². The zero-order chi connectivity index (χ0) is 18.8. The first-order valence-corrected chi connectivity index (χ1v) is 6.44. The molecule has 0 aliphatic rings. The third-order valence-corrected chi connectivity index (χ3v) is 2.86. The molecule has 0 fully saturated rings. The Morgan fingerprint density at radius 1 is 0.800 bits per heavy atom. The van der Waals surface area contributed by atoms with Crippen molar-refractivity contribution in [3.63, 3.8) is 0 Å². The maximum Gasteiger partial charge on any atom is 0.573 e. The van der Waals surface area contributed by atoms with E-state index in [1.807, 2.05) is 0 Å². The van der Waals surface area contributed by atoms with Crippen LogP contribution in [0.25, 0.3) is 11.1 Å². The van der Waals surface area contributed by atoms with E-state index in [0.717, 1.165) is 30.3 Å². The third-order valence-electron chi connectivity index (χ3n) is 2.86. The van der Waals surface area contributed by atoms with Crippen molar-refractivity contribution >= 4 is 5.97 Å². The summed E-state index contributed by atoms with van der Waals surface area (Å²) in [5.74, 6) is -3.05. The van der Waals surface area contributed by atoms with Crippen LogP contribution >= 0.6 is 0 Å². The Morgan fingerprint density at radius 3 is 1.80 bits per heavy atom. The molecule has 0 spiro atoms. The highest BCUT2D eigenvalue weighted by Gasteiger charge is 2.33. The summed E-state index contributed by atoms with van der Waals surface area (Å²) < 4.78 is 80.4. The number of carboxylic acids is 1. The summed E-state index contributed by atoms with van der Waals surface area (Å²) in [4.78, 5) is 11.1. The summed E-state index contributed by atoms with van der Waals surface area (Å²) >= 11 is 0. The molecule has 0 radical (unpaired) electrons. The van der Waals surface area contributed by atoms with Crippen LogP contribution in [0.3, 0.4) is 0 Å². The maximum atomic E-state index is 12.3. The second kappa shape index (κ2) is 6.54. The van der Waals surface area contributed by atoms with Crippen LogP contribution < -0.4 is 9.47 Å². The van der Waals surface area contributed by atoms with E-state index in [-0.39, 0.29) is 11.1 Å². The minimum atomic E-state index is -5.07. The first kappa shape index (κ1) is 18.4. The van der Waals surface area contributed by atoms with Crippen LogP contribution in [0.2, 0.25) is 0 Å². The molecule has 0 aromatic heterocycles. The molecule has 0 bridgehead atoms. The fourth-order valence-electron chi connectivity index (χ4n) is 1.94. The fraction of sp³-hybridized carbons (Fsp3) is 0.133. The number of alkyl halides is 6. The van der Waals surface area contributed by atoms with Gasteiger partial charge in [-0.3, -0.25) is 0 Å². The number of ether oxygens (including phenoxy) is 2. The van der Waals surface area contributed by atoms with Crippen LogP contribution in [0, 0.1) is 0 Å². The molecule has 1 N–H and O–H groups in total. The molecule has 0 atom stereocenters. The highest BCUT2D eigenvalue weighted by molar-refractivity contribution is 5.92. The molecular formula is C15H8F6O4. The number of benzene rings is 2. The zero-order valence-corrected chi connectivity index (χ0v) is 12.0. The number of carbonyl (C=O) groups is 1. The van der Waals surface area contributed by atoms with Gasteiger partial charge in [0, 0.05) is 0 Å². The Morgan fingerprint density at radius 2 is 1.32 bits per heavy atom. The lowest BCUT2D eigenvalue weighted by Crippen LogP contribution is -2.19. The Balaban J connectivity index is 2.33. The first-order valence-electron chi connectivity index (χ1n) is 6.44. The number of aromatic carboxylic acids is 1. The van der Waals surface area contributed by atoms with E-state index in [1.54, 1.807) is 0 Å². The van der Waals surface area contributed by atoms with Crippen molar-refractivity contribution in [2.24, 2.45) is 0 Å². The average molecular weight is 366 g/mol. The van der Waals surface area contributed by atoms with Crippen LogP contribution in [-0.2, 0) is 0 Å². The molecule has 0 heterocycles. The summed E-state index contributed by atoms with van der Waals surface area (Å²) in [6, 6.07) is 7.26. The SMILES string of the molecule is O=C(O)c1cc(-c2ccc(OC(F)(F)F)cc2)ccc1OC(F)(F)F. The van der Waals surface area contributed by atoms with Gasteiger partial charge in [0.2, 0.25) is 0 Å². The van der Waals surface area contributed by atoms with Gasteiger partial charge >= 0.3 is 18.7 Å². The van der Waals surface area contributed by atoms with E-state index >= 15 is 0 Å². The highest BCUT2D eigenvalue weighted by atomic mass is 19.4. The lowest BCUT2D eigenvalue weighted by molar-refractivity contribution is -0.275. The molecule has 0 aliphatic heterocycles. The van der Waals surface area contributed by atoms with Crippen LogP contribution in [0.15, 0.2) is 42.5 Å². The average Bonchev–Trinajstić information content (AvgIpc) is 2.45. The predicted octanol–water partition coefficient (Wildman–Crippen LogP) is 4.85. The Labute approximate surface area is 136 Å². The Bertz CT molecular complexity index is 765. The van der Waals surface area contributed by atoms with E-state index < -0.39 is 35.8 Å². The van der Waals surface area contributed by atoms with Gasteiger partial charge in [0.25, 0.3) is 0 Å². The molecule has 25 heavy (non-hydrogen) atoms. The van der Waals surface area contributed by atoms with E-state index in [9.17, 15) is 31.1 Å². The van der Waals surface area contributed by atoms with Crippen molar-refractivity contribution in [2.45, 2.75) is 12.7 Å². The van der Waals surface area contributed by atoms with Crippen LogP contribution in [0.4, 0.5) is 26.3 Å². The molecule has 0 saturated carbocycles. The second-order valence-electron chi connectivity index (χ2n) is 4.64. The molecule has 0 aliphatic carbocycles. The largest absolute Gasteiger partial charge is 0.573 e. The van der Waals surface area contributed by atoms with Crippen LogP contribution in [0.5, 0.6) is 11.5 Å². The lowest BCUT2D eigenvalue weighted by Gasteiger charge is -2.13. The topological polar surface area (TPSA) is 55.8 Å². The molecule has 4 nitrogen and oxygen atoms in total. The monoisotopic (exact) mass is 366 g/mol. The standard InChI is InChI=1S/C15H8F6O4/c16-14(17,18)24-10-4-1-8(2-5-10)9-3-6-12(25-15(19,20)21)11(7-9)13(22)23/h1-7H,(H,22,23). The van der Waals surface area contributed by atoms with Gasteiger partial charge in [-0.15, -0.1) is 26.3 Å². The van der Waals surface area contributed by atoms with Gasteiger partial charge in [-0.2, -0.15) is 0 Å². The molecule has 0 amide bonds. The number of carboxylic acid groups (broad SMARTS) is 1. The smallest absolute Gasteiger partial charge is 0.478 e. The predicted molar refractivity (Wildman–Crippen MR) is 72.2 cm³/mol. The van der Waals surface area contributed by atoms with Gasteiger partial charge in [-0.05, 0) is 35.4 Å². The lowest BCUT2D eigenvalue weighted by atomic mass is 10.0. The van der Waals surface area contributed by atoms with Crippen molar-refractivity contribution in [3.8, 4) is 22.6 Å². The molecule has 2 aromatic rings. The number of halogens is 6. The molecule has 0 unspecified atom stereocenters. The highest BCUT2D eigenvalue weighted by Crippen LogP contribution is 2.32. The van der Waals surface area contributed by atoms with Crippen molar-refractivity contribution in [1.82, 2.24) is 0 Å². The fourth-order valence-corrected chi connectivity index (χ4v) is 1.94. The van der Waals surface area contributed by atoms with E-state index in [2.05, 4.69) is 9.47 Å². The van der Waals surface area contributed by atoms with Crippen LogP contribution in [-0.4, -0.2) is 23.8 Å². The summed E-state index contributed by atoms with van der Waals surface area (Å²) in [5.41, 5.74) is -0.300. The van der Waals surface area contributed by atoms with Crippen molar-refractivity contribution in [3.05, 3.63) is 48.0 Å². The molecule has 0 saturated heterocycles. The first-order chi connectivity index (χ1) is 11.4. The summed E-state index contributed by atoms with van der Waals surface area (Å²) in [6.45, 7) is 0. The molecule has 2 rings (SSSR count). The van der Waals surface area contributed by atoms with Gasteiger partial charge in [-0.25, -0.2) is 4.79 Å².